The molecule has 1 amide bonds. The molecule has 1 saturated carbocycles. The van der Waals surface area contributed by atoms with Crippen molar-refractivity contribution < 1.29 is 14.3 Å². The molecule has 2 aromatic rings. The van der Waals surface area contributed by atoms with E-state index in [0.717, 1.165) is 41.5 Å². The molecule has 2 aromatic carbocycles. The number of rotatable bonds is 8. The second-order valence-electron chi connectivity index (χ2n) is 9.04. The van der Waals surface area contributed by atoms with Crippen LogP contribution in [0.5, 0.6) is 5.75 Å². The molecule has 0 saturated heterocycles. The third-order valence-corrected chi connectivity index (χ3v) is 7.36. The highest BCUT2D eigenvalue weighted by Crippen LogP contribution is 2.37. The molecule has 0 bridgehead atoms. The molecule has 31 heavy (non-hydrogen) atoms. The van der Waals surface area contributed by atoms with E-state index in [4.69, 9.17) is 9.47 Å². The van der Waals surface area contributed by atoms with Crippen LogP contribution in [-0.4, -0.2) is 18.5 Å². The molecule has 2 aliphatic rings. The maximum Gasteiger partial charge on any atom is 0.412 e. The van der Waals surface area contributed by atoms with E-state index in [-0.39, 0.29) is 0 Å². The molecule has 1 aliphatic carbocycles. The van der Waals surface area contributed by atoms with Crippen LogP contribution in [0.1, 0.15) is 75.8 Å². The van der Waals surface area contributed by atoms with Crippen LogP contribution in [0.25, 0.3) is 0 Å². The molecule has 1 heterocycles. The molecule has 0 aromatic heterocycles. The molecule has 166 valence electrons. The molecule has 5 heteroatoms. The summed E-state index contributed by atoms with van der Waals surface area (Å²) in [5, 5.41) is 2.74. The summed E-state index contributed by atoms with van der Waals surface area (Å²) in [4.78, 5) is 13.0. The summed E-state index contributed by atoms with van der Waals surface area (Å²) < 4.78 is 11.3. The maximum atomic E-state index is 11.6. The molecule has 0 atom stereocenters. The zero-order chi connectivity index (χ0) is 21.7. The second kappa shape index (κ2) is 9.99. The van der Waals surface area contributed by atoms with Gasteiger partial charge in [0.05, 0.1) is 12.3 Å². The minimum Gasteiger partial charge on any atom is -0.494 e. The van der Waals surface area contributed by atoms with Gasteiger partial charge in [0.25, 0.3) is 0 Å². The van der Waals surface area contributed by atoms with Crippen LogP contribution in [0.15, 0.2) is 47.4 Å². The number of anilines is 1. The molecular formula is C26H33NO3S. The van der Waals surface area contributed by atoms with E-state index in [1.807, 2.05) is 43.8 Å². The smallest absolute Gasteiger partial charge is 0.412 e. The zero-order valence-corrected chi connectivity index (χ0v) is 19.4. The second-order valence-corrected chi connectivity index (χ2v) is 10.2. The average molecular weight is 440 g/mol. The van der Waals surface area contributed by atoms with Gasteiger partial charge in [0.1, 0.15) is 11.4 Å². The van der Waals surface area contributed by atoms with Crippen molar-refractivity contribution in [2.75, 3.05) is 17.7 Å². The van der Waals surface area contributed by atoms with Gasteiger partial charge in [-0.15, -0.1) is 11.8 Å². The first kappa shape index (κ1) is 22.1. The van der Waals surface area contributed by atoms with Gasteiger partial charge in [-0.05, 0) is 87.1 Å². The van der Waals surface area contributed by atoms with E-state index in [1.165, 1.54) is 42.6 Å². The number of carbonyl (C=O) groups excluding carboxylic acids is 1. The quantitative estimate of drug-likeness (QED) is 0.342. The Kier molecular flexibility index (Phi) is 7.11. The van der Waals surface area contributed by atoms with Crippen LogP contribution in [0.2, 0.25) is 0 Å². The topological polar surface area (TPSA) is 47.6 Å². The third kappa shape index (κ3) is 5.76. The number of hydrogen-bond acceptors (Lipinski definition) is 4. The molecule has 4 nitrogen and oxygen atoms in total. The number of cyclic esters (lactones) is 1. The van der Waals surface area contributed by atoms with Crippen molar-refractivity contribution in [2.24, 2.45) is 0 Å². The molecule has 4 rings (SSSR count). The number of fused-ring (bicyclic) bond motifs is 1. The number of benzene rings is 2. The van der Waals surface area contributed by atoms with Crippen molar-refractivity contribution in [2.45, 2.75) is 75.2 Å². The van der Waals surface area contributed by atoms with Gasteiger partial charge in [0, 0.05) is 10.5 Å². The Morgan fingerprint density at radius 2 is 1.84 bits per heavy atom. The summed E-state index contributed by atoms with van der Waals surface area (Å²) in [6, 6.07) is 15.0. The van der Waals surface area contributed by atoms with E-state index in [0.29, 0.717) is 6.61 Å². The fraction of sp³-hybridized carbons (Fsp3) is 0.500. The lowest BCUT2D eigenvalue weighted by Gasteiger charge is -2.32. The van der Waals surface area contributed by atoms with Crippen molar-refractivity contribution in [3.05, 3.63) is 53.6 Å². The fourth-order valence-electron chi connectivity index (χ4n) is 4.50. The molecule has 0 spiro atoms. The summed E-state index contributed by atoms with van der Waals surface area (Å²) in [7, 11) is 0. The lowest BCUT2D eigenvalue weighted by molar-refractivity contribution is 0.0418. The molecule has 0 radical (unpaired) electrons. The molecular weight excluding hydrogens is 406 g/mol. The van der Waals surface area contributed by atoms with Gasteiger partial charge in [0.2, 0.25) is 0 Å². The van der Waals surface area contributed by atoms with Crippen molar-refractivity contribution >= 4 is 23.5 Å². The number of ether oxygens (including phenoxy) is 2. The lowest BCUT2D eigenvalue weighted by atomic mass is 9.84. The molecule has 1 aliphatic heterocycles. The van der Waals surface area contributed by atoms with E-state index in [2.05, 4.69) is 29.6 Å². The van der Waals surface area contributed by atoms with Crippen molar-refractivity contribution in [1.29, 1.82) is 0 Å². The van der Waals surface area contributed by atoms with Crippen molar-refractivity contribution in [1.82, 2.24) is 0 Å². The van der Waals surface area contributed by atoms with E-state index in [1.54, 1.807) is 0 Å². The van der Waals surface area contributed by atoms with Crippen LogP contribution in [0, 0.1) is 0 Å². The number of hydrogen-bond donors (Lipinski definition) is 1. The van der Waals surface area contributed by atoms with Gasteiger partial charge < -0.3 is 9.47 Å². The molecule has 0 unspecified atom stereocenters. The molecule has 1 N–H and O–H groups in total. The summed E-state index contributed by atoms with van der Waals surface area (Å²) in [5.41, 5.74) is 2.60. The van der Waals surface area contributed by atoms with Gasteiger partial charge in [-0.1, -0.05) is 31.4 Å². The van der Waals surface area contributed by atoms with Crippen LogP contribution >= 0.6 is 11.8 Å². The summed E-state index contributed by atoms with van der Waals surface area (Å²) >= 11 is 1.93. The van der Waals surface area contributed by atoms with Gasteiger partial charge in [-0.2, -0.15) is 0 Å². The number of thioether (sulfide) groups is 1. The Balaban J connectivity index is 1.18. The van der Waals surface area contributed by atoms with Crippen molar-refractivity contribution in [3.8, 4) is 5.75 Å². The minimum atomic E-state index is -0.653. The summed E-state index contributed by atoms with van der Waals surface area (Å²) in [6.45, 7) is 4.48. The van der Waals surface area contributed by atoms with Crippen LogP contribution in [0.4, 0.5) is 10.5 Å². The van der Waals surface area contributed by atoms with Gasteiger partial charge in [-0.3, -0.25) is 5.32 Å². The number of carbonyl (C=O) groups is 1. The number of amides is 1. The first-order chi connectivity index (χ1) is 15.0. The fourth-order valence-corrected chi connectivity index (χ4v) is 5.41. The monoisotopic (exact) mass is 439 g/mol. The van der Waals surface area contributed by atoms with Gasteiger partial charge in [-0.25, -0.2) is 4.79 Å². The van der Waals surface area contributed by atoms with Gasteiger partial charge >= 0.3 is 6.09 Å². The number of nitrogens with one attached hydrogen (secondary N) is 1. The van der Waals surface area contributed by atoms with Crippen LogP contribution in [-0.2, 0) is 10.3 Å². The third-order valence-electron chi connectivity index (χ3n) is 6.26. The van der Waals surface area contributed by atoms with E-state index in [9.17, 15) is 4.79 Å². The predicted molar refractivity (Wildman–Crippen MR) is 127 cm³/mol. The lowest BCUT2D eigenvalue weighted by Crippen LogP contribution is -2.34. The standard InChI is InChI=1S/C26H33NO3S/c1-26(2)23-18-21(12-15-24(23)27-25(28)30-26)29-16-6-7-17-31-22-13-10-20(11-14-22)19-8-4-3-5-9-19/h10-15,18-19H,3-9,16-17H2,1-2H3,(H,27,28). The Morgan fingerprint density at radius 1 is 1.06 bits per heavy atom. The van der Waals surface area contributed by atoms with Crippen LogP contribution in [0.3, 0.4) is 0 Å². The summed E-state index contributed by atoms with van der Waals surface area (Å²) in [6.07, 6.45) is 8.61. The summed E-state index contributed by atoms with van der Waals surface area (Å²) in [5.74, 6) is 2.70. The van der Waals surface area contributed by atoms with E-state index < -0.39 is 11.7 Å². The van der Waals surface area contributed by atoms with E-state index >= 15 is 0 Å². The first-order valence-electron chi connectivity index (χ1n) is 11.5. The molecule has 1 fully saturated rings. The van der Waals surface area contributed by atoms with Gasteiger partial charge in [0.15, 0.2) is 0 Å². The van der Waals surface area contributed by atoms with Crippen molar-refractivity contribution in [3.63, 3.8) is 0 Å². The number of unbranched alkanes of at least 4 members (excludes halogenated alkanes) is 1. The normalized spacial score (nSPS) is 18.1. The highest BCUT2D eigenvalue weighted by Gasteiger charge is 2.33. The van der Waals surface area contributed by atoms with Crippen LogP contribution < -0.4 is 10.1 Å². The Bertz CT molecular complexity index is 888. The Hall–Kier alpha value is -2.14. The predicted octanol–water partition coefficient (Wildman–Crippen LogP) is 7.48. The maximum absolute atomic E-state index is 11.6. The highest BCUT2D eigenvalue weighted by molar-refractivity contribution is 7.99. The zero-order valence-electron chi connectivity index (χ0n) is 18.6. The minimum absolute atomic E-state index is 0.410. The average Bonchev–Trinajstić information content (AvgIpc) is 2.77. The SMILES string of the molecule is CC1(C)OC(=O)Nc2ccc(OCCCCSc3ccc(C4CCCCC4)cc3)cc21. The Morgan fingerprint density at radius 3 is 2.61 bits per heavy atom. The first-order valence-corrected chi connectivity index (χ1v) is 12.5. The highest BCUT2D eigenvalue weighted by atomic mass is 32.2. The Labute approximate surface area is 190 Å². The largest absolute Gasteiger partial charge is 0.494 e.